The lowest BCUT2D eigenvalue weighted by molar-refractivity contribution is 0.213. The maximum absolute atomic E-state index is 5.99. The van der Waals surface area contributed by atoms with Crippen molar-refractivity contribution in [2.45, 2.75) is 38.5 Å². The Bertz CT molecular complexity index is 968. The fourth-order valence-electron chi connectivity index (χ4n) is 4.17. The number of hydrogen-bond acceptors (Lipinski definition) is 6. The molecule has 0 radical (unpaired) electrons. The predicted molar refractivity (Wildman–Crippen MR) is 109 cm³/mol. The van der Waals surface area contributed by atoms with Crippen LogP contribution in [0.25, 0.3) is 11.0 Å². The third-order valence-electron chi connectivity index (χ3n) is 5.89. The van der Waals surface area contributed by atoms with Gasteiger partial charge < -0.3 is 9.64 Å². The van der Waals surface area contributed by atoms with Gasteiger partial charge >= 0.3 is 0 Å². The Morgan fingerprint density at radius 3 is 2.71 bits per heavy atom. The van der Waals surface area contributed by atoms with E-state index < -0.39 is 0 Å². The van der Waals surface area contributed by atoms with Gasteiger partial charge in [0.25, 0.3) is 0 Å². The highest BCUT2D eigenvalue weighted by atomic mass is 16.5. The molecule has 0 atom stereocenters. The average molecular weight is 375 g/mol. The lowest BCUT2D eigenvalue weighted by Gasteiger charge is -2.32. The average Bonchev–Trinajstić information content (AvgIpc) is 2.77. The maximum Gasteiger partial charge on any atom is 0.233 e. The fourth-order valence-corrected chi connectivity index (χ4v) is 4.17. The summed E-state index contributed by atoms with van der Waals surface area (Å²) in [5, 5.41) is 8.63. The zero-order chi connectivity index (χ0) is 18.8. The maximum atomic E-state index is 5.99. The molecule has 5 rings (SSSR count). The summed E-state index contributed by atoms with van der Waals surface area (Å²) >= 11 is 0. The highest BCUT2D eigenvalue weighted by Crippen LogP contribution is 2.25. The molecular weight excluding hydrogens is 350 g/mol. The number of benzene rings is 1. The molecule has 0 N–H and O–H groups in total. The minimum absolute atomic E-state index is 0.544. The van der Waals surface area contributed by atoms with E-state index in [1.807, 2.05) is 30.5 Å². The van der Waals surface area contributed by atoms with Crippen LogP contribution in [0.3, 0.4) is 0 Å². The Kier molecular flexibility index (Phi) is 4.77. The normalized spacial score (nSPS) is 17.5. The van der Waals surface area contributed by atoms with Crippen LogP contribution in [-0.2, 0) is 12.8 Å². The topological polar surface area (TPSA) is 64.0 Å². The first-order valence-corrected chi connectivity index (χ1v) is 10.3. The van der Waals surface area contributed by atoms with Crippen molar-refractivity contribution in [1.29, 1.82) is 0 Å². The number of ether oxygens (including phenoxy) is 1. The molecule has 0 amide bonds. The van der Waals surface area contributed by atoms with E-state index in [0.717, 1.165) is 61.3 Å². The molecule has 1 aromatic carbocycles. The molecule has 1 aliphatic heterocycles. The van der Waals surface area contributed by atoms with Crippen LogP contribution in [0.1, 0.15) is 36.9 Å². The summed E-state index contributed by atoms with van der Waals surface area (Å²) in [5.74, 6) is 2.20. The van der Waals surface area contributed by atoms with Crippen LogP contribution >= 0.6 is 0 Å². The van der Waals surface area contributed by atoms with E-state index in [-0.39, 0.29) is 0 Å². The number of aryl methyl sites for hydroxylation is 2. The molecule has 6 heteroatoms. The Morgan fingerprint density at radius 1 is 1.00 bits per heavy atom. The molecule has 0 unspecified atom stereocenters. The summed E-state index contributed by atoms with van der Waals surface area (Å²) < 4.78 is 5.99. The number of piperidine rings is 1. The molecule has 0 spiro atoms. The highest BCUT2D eigenvalue weighted by molar-refractivity contribution is 5.75. The van der Waals surface area contributed by atoms with Crippen molar-refractivity contribution in [3.8, 4) is 5.88 Å². The van der Waals surface area contributed by atoms with Crippen LogP contribution in [0, 0.1) is 5.92 Å². The summed E-state index contributed by atoms with van der Waals surface area (Å²) in [6.45, 7) is 2.68. The SMILES string of the molecule is c1ccc2nc(N3CCC(COc4cc5c(nn4)CCCC5)CC3)cnc2c1. The van der Waals surface area contributed by atoms with Gasteiger partial charge in [0.15, 0.2) is 0 Å². The standard InChI is InChI=1S/C22H25N5O/c1-2-6-18-17(5-1)13-22(26-25-18)28-15-16-9-11-27(12-10-16)21-14-23-19-7-3-4-8-20(19)24-21/h3-4,7-8,13-14,16H,1-2,5-6,9-12,15H2. The smallest absolute Gasteiger partial charge is 0.233 e. The summed E-state index contributed by atoms with van der Waals surface area (Å²) in [4.78, 5) is 11.6. The first-order chi connectivity index (χ1) is 13.8. The van der Waals surface area contributed by atoms with Crippen molar-refractivity contribution in [3.63, 3.8) is 0 Å². The van der Waals surface area contributed by atoms with Crippen molar-refractivity contribution >= 4 is 16.9 Å². The van der Waals surface area contributed by atoms with Gasteiger partial charge in [-0.2, -0.15) is 5.10 Å². The van der Waals surface area contributed by atoms with Crippen LogP contribution in [0.15, 0.2) is 36.5 Å². The van der Waals surface area contributed by atoms with Crippen LogP contribution in [0.4, 0.5) is 5.82 Å². The third kappa shape index (κ3) is 3.63. The highest BCUT2D eigenvalue weighted by Gasteiger charge is 2.22. The van der Waals surface area contributed by atoms with Crippen molar-refractivity contribution in [1.82, 2.24) is 20.2 Å². The van der Waals surface area contributed by atoms with E-state index in [1.54, 1.807) is 0 Å². The van der Waals surface area contributed by atoms with Gasteiger partial charge in [0.1, 0.15) is 5.82 Å². The molecule has 2 aliphatic rings. The molecule has 0 saturated carbocycles. The van der Waals surface area contributed by atoms with Crippen LogP contribution in [0.5, 0.6) is 5.88 Å². The van der Waals surface area contributed by atoms with E-state index in [0.29, 0.717) is 18.4 Å². The minimum atomic E-state index is 0.544. The van der Waals surface area contributed by atoms with Gasteiger partial charge in [0.2, 0.25) is 5.88 Å². The van der Waals surface area contributed by atoms with Gasteiger partial charge in [0, 0.05) is 19.2 Å². The van der Waals surface area contributed by atoms with Gasteiger partial charge in [-0.25, -0.2) is 4.98 Å². The summed E-state index contributed by atoms with van der Waals surface area (Å²) in [5.41, 5.74) is 4.38. The van der Waals surface area contributed by atoms with Crippen LogP contribution < -0.4 is 9.64 Å². The van der Waals surface area contributed by atoms with Crippen molar-refractivity contribution in [2.75, 3.05) is 24.6 Å². The quantitative estimate of drug-likeness (QED) is 0.694. The Hall–Kier alpha value is -2.76. The van der Waals surface area contributed by atoms with E-state index in [2.05, 4.69) is 26.1 Å². The number of nitrogens with zero attached hydrogens (tertiary/aromatic N) is 5. The second-order valence-electron chi connectivity index (χ2n) is 7.82. The number of para-hydroxylation sites is 2. The van der Waals surface area contributed by atoms with E-state index in [1.165, 1.54) is 18.4 Å². The van der Waals surface area contributed by atoms with E-state index >= 15 is 0 Å². The number of anilines is 1. The van der Waals surface area contributed by atoms with Crippen LogP contribution in [0.2, 0.25) is 0 Å². The van der Waals surface area contributed by atoms with Gasteiger partial charge in [-0.15, -0.1) is 5.10 Å². The first kappa shape index (κ1) is 17.3. The number of aromatic nitrogens is 4. The van der Waals surface area contributed by atoms with E-state index in [9.17, 15) is 0 Å². The Balaban J connectivity index is 1.17. The van der Waals surface area contributed by atoms with Crippen molar-refractivity contribution < 1.29 is 4.74 Å². The predicted octanol–water partition coefficient (Wildman–Crippen LogP) is 3.59. The molecule has 144 valence electrons. The summed E-state index contributed by atoms with van der Waals surface area (Å²) in [6.07, 6.45) is 8.70. The lowest BCUT2D eigenvalue weighted by Crippen LogP contribution is -2.36. The van der Waals surface area contributed by atoms with Gasteiger partial charge in [0.05, 0.1) is 29.5 Å². The molecule has 1 saturated heterocycles. The molecular formula is C22H25N5O. The number of fused-ring (bicyclic) bond motifs is 2. The zero-order valence-corrected chi connectivity index (χ0v) is 16.0. The molecule has 1 aliphatic carbocycles. The summed E-state index contributed by atoms with van der Waals surface area (Å²) in [7, 11) is 0. The third-order valence-corrected chi connectivity index (χ3v) is 5.89. The first-order valence-electron chi connectivity index (χ1n) is 10.3. The van der Waals surface area contributed by atoms with Gasteiger partial charge in [-0.05, 0) is 62.1 Å². The van der Waals surface area contributed by atoms with Gasteiger partial charge in [-0.1, -0.05) is 12.1 Å². The van der Waals surface area contributed by atoms with Crippen molar-refractivity contribution in [3.05, 3.63) is 47.8 Å². The molecule has 1 fully saturated rings. The zero-order valence-electron chi connectivity index (χ0n) is 16.0. The van der Waals surface area contributed by atoms with Gasteiger partial charge in [-0.3, -0.25) is 4.98 Å². The molecule has 3 heterocycles. The molecule has 3 aromatic rings. The second-order valence-corrected chi connectivity index (χ2v) is 7.82. The largest absolute Gasteiger partial charge is 0.476 e. The minimum Gasteiger partial charge on any atom is -0.476 e. The lowest BCUT2D eigenvalue weighted by atomic mass is 9.97. The Labute approximate surface area is 165 Å². The molecule has 6 nitrogen and oxygen atoms in total. The van der Waals surface area contributed by atoms with Crippen molar-refractivity contribution in [2.24, 2.45) is 5.92 Å². The monoisotopic (exact) mass is 375 g/mol. The molecule has 0 bridgehead atoms. The second kappa shape index (κ2) is 7.70. The Morgan fingerprint density at radius 2 is 1.82 bits per heavy atom. The fraction of sp³-hybridized carbons (Fsp3) is 0.455. The van der Waals surface area contributed by atoms with E-state index in [4.69, 9.17) is 9.72 Å². The number of rotatable bonds is 4. The summed E-state index contributed by atoms with van der Waals surface area (Å²) in [6, 6.07) is 10.1. The molecule has 2 aromatic heterocycles. The number of hydrogen-bond donors (Lipinski definition) is 0. The van der Waals surface area contributed by atoms with Crippen LogP contribution in [-0.4, -0.2) is 39.9 Å². The molecule has 28 heavy (non-hydrogen) atoms.